The number of hydrogen-bond donors (Lipinski definition) is 0. The smallest absolute Gasteiger partial charge is 0.275 e. The van der Waals surface area contributed by atoms with Crippen molar-refractivity contribution < 1.29 is 9.13 Å². The second kappa shape index (κ2) is 6.63. The summed E-state index contributed by atoms with van der Waals surface area (Å²) in [7, 11) is 1.58. The number of rotatable bonds is 5. The van der Waals surface area contributed by atoms with E-state index in [9.17, 15) is 9.18 Å². The molecule has 0 radical (unpaired) electrons. The first-order valence-electron chi connectivity index (χ1n) is 8.45. The van der Waals surface area contributed by atoms with Crippen molar-refractivity contribution in [3.63, 3.8) is 0 Å². The van der Waals surface area contributed by atoms with E-state index in [0.29, 0.717) is 23.5 Å². The lowest BCUT2D eigenvalue weighted by Gasteiger charge is -2.13. The second-order valence-electron chi connectivity index (χ2n) is 6.17. The Morgan fingerprint density at radius 2 is 2.00 bits per heavy atom. The summed E-state index contributed by atoms with van der Waals surface area (Å²) in [5.74, 6) is 0.224. The predicted octanol–water partition coefficient (Wildman–Crippen LogP) is 3.43. The van der Waals surface area contributed by atoms with Gasteiger partial charge in [-0.15, -0.1) is 0 Å². The van der Waals surface area contributed by atoms with Crippen LogP contribution in [0.5, 0.6) is 5.88 Å². The summed E-state index contributed by atoms with van der Waals surface area (Å²) in [5, 5.41) is 0. The molecule has 26 heavy (non-hydrogen) atoms. The van der Waals surface area contributed by atoms with E-state index in [2.05, 4.69) is 4.98 Å². The Balaban J connectivity index is 1.67. The molecule has 0 amide bonds. The Labute approximate surface area is 149 Å². The number of benzene rings is 1. The van der Waals surface area contributed by atoms with Gasteiger partial charge in [0.25, 0.3) is 5.56 Å². The SMILES string of the molecule is COc1ccc(CCCn2c(=O)c3cccn3c3ccc(F)cc32)cn1. The minimum absolute atomic E-state index is 0.110. The Morgan fingerprint density at radius 3 is 2.77 bits per heavy atom. The van der Waals surface area contributed by atoms with Crippen molar-refractivity contribution in [2.45, 2.75) is 19.4 Å². The molecule has 0 saturated carbocycles. The summed E-state index contributed by atoms with van der Waals surface area (Å²) in [6, 6.07) is 11.9. The number of hydrogen-bond acceptors (Lipinski definition) is 3. The molecule has 132 valence electrons. The van der Waals surface area contributed by atoms with Gasteiger partial charge >= 0.3 is 0 Å². The van der Waals surface area contributed by atoms with Crippen LogP contribution in [0.3, 0.4) is 0 Å². The number of aromatic nitrogens is 3. The van der Waals surface area contributed by atoms with Gasteiger partial charge in [0.05, 0.1) is 18.1 Å². The van der Waals surface area contributed by atoms with E-state index in [-0.39, 0.29) is 11.4 Å². The largest absolute Gasteiger partial charge is 0.481 e. The molecule has 0 N–H and O–H groups in total. The normalized spacial score (nSPS) is 11.3. The summed E-state index contributed by atoms with van der Waals surface area (Å²) in [6.45, 7) is 0.506. The number of aryl methyl sites for hydroxylation is 2. The van der Waals surface area contributed by atoms with Crippen molar-refractivity contribution in [3.05, 3.63) is 76.6 Å². The molecule has 0 fully saturated rings. The van der Waals surface area contributed by atoms with Crippen LogP contribution >= 0.6 is 0 Å². The highest BCUT2D eigenvalue weighted by Crippen LogP contribution is 2.17. The fraction of sp³-hybridized carbons (Fsp3) is 0.200. The van der Waals surface area contributed by atoms with Crippen LogP contribution in [0.15, 0.2) is 59.7 Å². The maximum absolute atomic E-state index is 13.8. The van der Waals surface area contributed by atoms with E-state index in [4.69, 9.17) is 4.74 Å². The van der Waals surface area contributed by atoms with E-state index in [0.717, 1.165) is 23.9 Å². The molecule has 0 aliphatic heterocycles. The minimum Gasteiger partial charge on any atom is -0.481 e. The number of nitrogens with zero attached hydrogens (tertiary/aromatic N) is 3. The fourth-order valence-corrected chi connectivity index (χ4v) is 3.27. The molecule has 3 aromatic heterocycles. The molecule has 6 heteroatoms. The van der Waals surface area contributed by atoms with Crippen LogP contribution in [0.25, 0.3) is 16.6 Å². The van der Waals surface area contributed by atoms with Gasteiger partial charge in [0.15, 0.2) is 0 Å². The van der Waals surface area contributed by atoms with E-state index >= 15 is 0 Å². The number of halogens is 1. The lowest BCUT2D eigenvalue weighted by atomic mass is 10.1. The van der Waals surface area contributed by atoms with Gasteiger partial charge in [-0.05, 0) is 48.7 Å². The maximum atomic E-state index is 13.8. The molecule has 1 aromatic carbocycles. The van der Waals surface area contributed by atoms with Crippen molar-refractivity contribution in [2.75, 3.05) is 7.11 Å². The predicted molar refractivity (Wildman–Crippen MR) is 98.2 cm³/mol. The van der Waals surface area contributed by atoms with Gasteiger partial charge in [-0.2, -0.15) is 0 Å². The molecular weight excluding hydrogens is 333 g/mol. The van der Waals surface area contributed by atoms with E-state index in [1.807, 2.05) is 24.4 Å². The van der Waals surface area contributed by atoms with Crippen LogP contribution in [-0.2, 0) is 13.0 Å². The van der Waals surface area contributed by atoms with Crippen molar-refractivity contribution in [2.24, 2.45) is 0 Å². The zero-order valence-electron chi connectivity index (χ0n) is 14.4. The highest BCUT2D eigenvalue weighted by Gasteiger charge is 2.11. The number of ether oxygens (including phenoxy) is 1. The van der Waals surface area contributed by atoms with Gasteiger partial charge in [-0.25, -0.2) is 9.37 Å². The zero-order chi connectivity index (χ0) is 18.1. The van der Waals surface area contributed by atoms with Crippen LogP contribution in [0.4, 0.5) is 4.39 Å². The Kier molecular flexibility index (Phi) is 4.16. The first-order valence-corrected chi connectivity index (χ1v) is 8.45. The third-order valence-electron chi connectivity index (χ3n) is 4.55. The molecule has 0 atom stereocenters. The van der Waals surface area contributed by atoms with Crippen molar-refractivity contribution in [1.29, 1.82) is 0 Å². The Bertz CT molecular complexity index is 1130. The molecule has 0 saturated heterocycles. The third kappa shape index (κ3) is 2.83. The number of fused-ring (bicyclic) bond motifs is 3. The van der Waals surface area contributed by atoms with Gasteiger partial charge in [0.1, 0.15) is 11.3 Å². The molecule has 0 unspecified atom stereocenters. The molecule has 0 aliphatic rings. The molecule has 4 aromatic rings. The van der Waals surface area contributed by atoms with Crippen LogP contribution in [-0.4, -0.2) is 21.1 Å². The van der Waals surface area contributed by atoms with Crippen LogP contribution in [0, 0.1) is 5.82 Å². The van der Waals surface area contributed by atoms with Crippen molar-refractivity contribution in [1.82, 2.24) is 14.0 Å². The van der Waals surface area contributed by atoms with Crippen LogP contribution in [0.2, 0.25) is 0 Å². The quantitative estimate of drug-likeness (QED) is 0.553. The topological polar surface area (TPSA) is 48.5 Å². The summed E-state index contributed by atoms with van der Waals surface area (Å²) in [4.78, 5) is 17.0. The molecule has 3 heterocycles. The summed E-state index contributed by atoms with van der Waals surface area (Å²) < 4.78 is 22.3. The Hall–Kier alpha value is -3.15. The van der Waals surface area contributed by atoms with Crippen molar-refractivity contribution in [3.8, 4) is 5.88 Å². The van der Waals surface area contributed by atoms with E-state index in [1.54, 1.807) is 34.4 Å². The standard InChI is InChI=1S/C20H18FN3O2/c1-26-19-9-6-14(13-22-19)4-2-11-24-18-12-15(21)7-8-16(18)23-10-3-5-17(23)20(24)25/h3,5-10,12-13H,2,4,11H2,1H3. The summed E-state index contributed by atoms with van der Waals surface area (Å²) in [6.07, 6.45) is 5.11. The van der Waals surface area contributed by atoms with Crippen LogP contribution in [0.1, 0.15) is 12.0 Å². The lowest BCUT2D eigenvalue weighted by Crippen LogP contribution is -2.23. The first kappa shape index (κ1) is 16.3. The zero-order valence-corrected chi connectivity index (χ0v) is 14.4. The van der Waals surface area contributed by atoms with Gasteiger partial charge in [0, 0.05) is 25.0 Å². The second-order valence-corrected chi connectivity index (χ2v) is 6.17. The molecule has 0 spiro atoms. The minimum atomic E-state index is -0.350. The Morgan fingerprint density at radius 1 is 1.12 bits per heavy atom. The highest BCUT2D eigenvalue weighted by atomic mass is 19.1. The number of methoxy groups -OCH3 is 1. The molecule has 0 aliphatic carbocycles. The average molecular weight is 351 g/mol. The van der Waals surface area contributed by atoms with Crippen LogP contribution < -0.4 is 10.3 Å². The summed E-state index contributed by atoms with van der Waals surface area (Å²) >= 11 is 0. The number of pyridine rings is 1. The van der Waals surface area contributed by atoms with Crippen molar-refractivity contribution >= 4 is 16.6 Å². The maximum Gasteiger partial charge on any atom is 0.275 e. The molecule has 0 bridgehead atoms. The average Bonchev–Trinajstić information content (AvgIpc) is 3.15. The van der Waals surface area contributed by atoms with Gasteiger partial charge < -0.3 is 13.7 Å². The molecule has 5 nitrogen and oxygen atoms in total. The van der Waals surface area contributed by atoms with E-state index in [1.165, 1.54) is 12.1 Å². The highest BCUT2D eigenvalue weighted by molar-refractivity contribution is 5.79. The monoisotopic (exact) mass is 351 g/mol. The molecular formula is C20H18FN3O2. The van der Waals surface area contributed by atoms with Gasteiger partial charge in [-0.1, -0.05) is 6.07 Å². The van der Waals surface area contributed by atoms with Gasteiger partial charge in [-0.3, -0.25) is 4.79 Å². The summed E-state index contributed by atoms with van der Waals surface area (Å²) in [5.41, 5.74) is 2.97. The fourth-order valence-electron chi connectivity index (χ4n) is 3.27. The van der Waals surface area contributed by atoms with E-state index < -0.39 is 0 Å². The third-order valence-corrected chi connectivity index (χ3v) is 4.55. The molecule has 4 rings (SSSR count). The first-order chi connectivity index (χ1) is 12.7. The van der Waals surface area contributed by atoms with Gasteiger partial charge in [0.2, 0.25) is 5.88 Å². The lowest BCUT2D eigenvalue weighted by molar-refractivity contribution is 0.397.